The Morgan fingerprint density at radius 2 is 1.57 bits per heavy atom. The van der Waals surface area contributed by atoms with E-state index in [0.717, 1.165) is 0 Å². The molecular formula is C13H17F3N2O2S. The minimum Gasteiger partial charge on any atom is -0.382 e. The van der Waals surface area contributed by atoms with E-state index in [9.17, 15) is 21.6 Å². The van der Waals surface area contributed by atoms with Gasteiger partial charge in [-0.3, -0.25) is 0 Å². The summed E-state index contributed by atoms with van der Waals surface area (Å²) in [5.41, 5.74) is 0.679. The van der Waals surface area contributed by atoms with Gasteiger partial charge in [-0.2, -0.15) is 13.2 Å². The van der Waals surface area contributed by atoms with Gasteiger partial charge < -0.3 is 5.32 Å². The summed E-state index contributed by atoms with van der Waals surface area (Å²) in [6.45, 7) is 0. The fourth-order valence-corrected chi connectivity index (χ4v) is 3.06. The molecule has 0 heterocycles. The highest BCUT2D eigenvalue weighted by atomic mass is 32.2. The summed E-state index contributed by atoms with van der Waals surface area (Å²) < 4.78 is 59.9. The molecule has 0 bridgehead atoms. The molecule has 1 fully saturated rings. The highest BCUT2D eigenvalue weighted by Gasteiger charge is 2.41. The van der Waals surface area contributed by atoms with Gasteiger partial charge in [0.25, 0.3) is 0 Å². The minimum absolute atomic E-state index is 0.00818. The zero-order chi connectivity index (χ0) is 15.7. The normalized spacial score (nSPS) is 23.8. The zero-order valence-electron chi connectivity index (χ0n) is 11.2. The van der Waals surface area contributed by atoms with E-state index < -0.39 is 22.1 Å². The molecule has 0 spiro atoms. The van der Waals surface area contributed by atoms with Gasteiger partial charge in [0.2, 0.25) is 10.0 Å². The van der Waals surface area contributed by atoms with E-state index in [0.29, 0.717) is 18.5 Å². The molecule has 1 saturated carbocycles. The lowest BCUT2D eigenvalue weighted by Gasteiger charge is -2.30. The number of halogens is 3. The van der Waals surface area contributed by atoms with Crippen molar-refractivity contribution in [2.75, 3.05) is 5.32 Å². The molecule has 0 radical (unpaired) electrons. The average Bonchev–Trinajstić information content (AvgIpc) is 2.38. The fraction of sp³-hybridized carbons (Fsp3) is 0.538. The topological polar surface area (TPSA) is 72.2 Å². The number of benzene rings is 1. The quantitative estimate of drug-likeness (QED) is 0.899. The van der Waals surface area contributed by atoms with Gasteiger partial charge in [-0.1, -0.05) is 0 Å². The second kappa shape index (κ2) is 5.84. The standard InChI is InChI=1S/C13H17F3N2O2S/c14-13(15,16)9-1-3-10(4-2-9)18-11-5-7-12(8-6-11)21(17,19)20/h5-10,18H,1-4H2,(H2,17,19,20). The molecule has 1 aromatic rings. The number of sulfonamides is 1. The van der Waals surface area contributed by atoms with Crippen LogP contribution in [0.3, 0.4) is 0 Å². The number of hydrogen-bond donors (Lipinski definition) is 2. The second-order valence-corrected chi connectivity index (χ2v) is 6.87. The summed E-state index contributed by atoms with van der Waals surface area (Å²) in [7, 11) is -3.73. The third kappa shape index (κ3) is 4.34. The molecular weight excluding hydrogens is 305 g/mol. The summed E-state index contributed by atoms with van der Waals surface area (Å²) >= 11 is 0. The van der Waals surface area contributed by atoms with Gasteiger partial charge in [0.15, 0.2) is 0 Å². The van der Waals surface area contributed by atoms with Crippen LogP contribution in [0.25, 0.3) is 0 Å². The summed E-state index contributed by atoms with van der Waals surface area (Å²) in [4.78, 5) is 0.00818. The Balaban J connectivity index is 1.92. The van der Waals surface area contributed by atoms with Crippen molar-refractivity contribution in [1.82, 2.24) is 0 Å². The molecule has 118 valence electrons. The molecule has 8 heteroatoms. The lowest BCUT2D eigenvalue weighted by Crippen LogP contribution is -2.32. The van der Waals surface area contributed by atoms with E-state index in [1.165, 1.54) is 12.1 Å². The Morgan fingerprint density at radius 1 is 1.05 bits per heavy atom. The number of nitrogens with two attached hydrogens (primary N) is 1. The molecule has 1 aliphatic carbocycles. The molecule has 3 N–H and O–H groups in total. The van der Waals surface area contributed by atoms with Gasteiger partial charge in [-0.05, 0) is 49.9 Å². The van der Waals surface area contributed by atoms with Gasteiger partial charge in [0.1, 0.15) is 0 Å². The molecule has 0 aromatic heterocycles. The smallest absolute Gasteiger partial charge is 0.382 e. The lowest BCUT2D eigenvalue weighted by atomic mass is 9.85. The number of hydrogen-bond acceptors (Lipinski definition) is 3. The molecule has 21 heavy (non-hydrogen) atoms. The van der Waals surface area contributed by atoms with Crippen molar-refractivity contribution in [1.29, 1.82) is 0 Å². The highest BCUT2D eigenvalue weighted by Crippen LogP contribution is 2.38. The maximum absolute atomic E-state index is 12.6. The Kier molecular flexibility index (Phi) is 4.48. The summed E-state index contributed by atoms with van der Waals surface area (Å²) in [5.74, 6) is -1.21. The predicted octanol–water partition coefficient (Wildman–Crippen LogP) is 2.87. The second-order valence-electron chi connectivity index (χ2n) is 5.30. The lowest BCUT2D eigenvalue weighted by molar-refractivity contribution is -0.182. The predicted molar refractivity (Wildman–Crippen MR) is 73.2 cm³/mol. The van der Waals surface area contributed by atoms with Crippen LogP contribution in [0.15, 0.2) is 29.2 Å². The van der Waals surface area contributed by atoms with Crippen LogP contribution in [-0.4, -0.2) is 20.6 Å². The third-order valence-electron chi connectivity index (χ3n) is 3.74. The van der Waals surface area contributed by atoms with Crippen molar-refractivity contribution in [3.8, 4) is 0 Å². The van der Waals surface area contributed by atoms with Crippen molar-refractivity contribution in [2.24, 2.45) is 11.1 Å². The molecule has 0 atom stereocenters. The first-order valence-corrected chi connectivity index (χ1v) is 8.17. The monoisotopic (exact) mass is 322 g/mol. The van der Waals surface area contributed by atoms with E-state index in [2.05, 4.69) is 5.32 Å². The van der Waals surface area contributed by atoms with Gasteiger partial charge in [0.05, 0.1) is 10.8 Å². The van der Waals surface area contributed by atoms with E-state index in [1.807, 2.05) is 0 Å². The van der Waals surface area contributed by atoms with Crippen molar-refractivity contribution in [3.05, 3.63) is 24.3 Å². The van der Waals surface area contributed by atoms with Crippen molar-refractivity contribution < 1.29 is 21.6 Å². The van der Waals surface area contributed by atoms with E-state index in [1.54, 1.807) is 12.1 Å². The van der Waals surface area contributed by atoms with Crippen molar-refractivity contribution >= 4 is 15.7 Å². The van der Waals surface area contributed by atoms with Crippen molar-refractivity contribution in [2.45, 2.75) is 42.8 Å². The Bertz CT molecular complexity index is 576. The maximum atomic E-state index is 12.6. The number of primary sulfonamides is 1. The zero-order valence-corrected chi connectivity index (χ0v) is 12.0. The van der Waals surface area contributed by atoms with E-state index >= 15 is 0 Å². The summed E-state index contributed by atoms with van der Waals surface area (Å²) in [6.07, 6.45) is -2.98. The highest BCUT2D eigenvalue weighted by molar-refractivity contribution is 7.89. The van der Waals surface area contributed by atoms with Crippen LogP contribution in [0.5, 0.6) is 0 Å². The summed E-state index contributed by atoms with van der Waals surface area (Å²) in [6, 6.07) is 5.85. The Labute approximate surface area is 121 Å². The molecule has 0 unspecified atom stereocenters. The molecule has 4 nitrogen and oxygen atoms in total. The van der Waals surface area contributed by atoms with E-state index in [-0.39, 0.29) is 23.8 Å². The maximum Gasteiger partial charge on any atom is 0.391 e. The first-order valence-electron chi connectivity index (χ1n) is 6.62. The first kappa shape index (κ1) is 16.1. The first-order chi connectivity index (χ1) is 9.66. The van der Waals surface area contributed by atoms with Crippen LogP contribution < -0.4 is 10.5 Å². The molecule has 0 aliphatic heterocycles. The molecule has 1 aromatic carbocycles. The molecule has 2 rings (SSSR count). The minimum atomic E-state index is -4.11. The van der Waals surface area contributed by atoms with Crippen LogP contribution in [0.2, 0.25) is 0 Å². The van der Waals surface area contributed by atoms with Crippen LogP contribution in [0.4, 0.5) is 18.9 Å². The Morgan fingerprint density at radius 3 is 2.00 bits per heavy atom. The third-order valence-corrected chi connectivity index (χ3v) is 4.67. The van der Waals surface area contributed by atoms with Gasteiger partial charge >= 0.3 is 6.18 Å². The SMILES string of the molecule is NS(=O)(=O)c1ccc(NC2CCC(C(F)(F)F)CC2)cc1. The number of nitrogens with one attached hydrogen (secondary N) is 1. The number of rotatable bonds is 3. The van der Waals surface area contributed by atoms with Gasteiger partial charge in [-0.25, -0.2) is 13.6 Å². The molecule has 0 saturated heterocycles. The average molecular weight is 322 g/mol. The molecule has 0 amide bonds. The molecule has 1 aliphatic rings. The number of anilines is 1. The Hall–Kier alpha value is -1.28. The van der Waals surface area contributed by atoms with Crippen LogP contribution in [0, 0.1) is 5.92 Å². The largest absolute Gasteiger partial charge is 0.391 e. The van der Waals surface area contributed by atoms with Crippen molar-refractivity contribution in [3.63, 3.8) is 0 Å². The van der Waals surface area contributed by atoms with Crippen LogP contribution >= 0.6 is 0 Å². The number of alkyl halides is 3. The van der Waals surface area contributed by atoms with Gasteiger partial charge in [0, 0.05) is 11.7 Å². The summed E-state index contributed by atoms with van der Waals surface area (Å²) in [5, 5.41) is 8.12. The van der Waals surface area contributed by atoms with Crippen LogP contribution in [-0.2, 0) is 10.0 Å². The fourth-order valence-electron chi connectivity index (χ4n) is 2.54. The van der Waals surface area contributed by atoms with E-state index in [4.69, 9.17) is 5.14 Å². The van der Waals surface area contributed by atoms with Gasteiger partial charge in [-0.15, -0.1) is 0 Å². The van der Waals surface area contributed by atoms with Crippen LogP contribution in [0.1, 0.15) is 25.7 Å².